The van der Waals surface area contributed by atoms with Gasteiger partial charge in [-0.25, -0.2) is 0 Å². The van der Waals surface area contributed by atoms with Crippen LogP contribution in [0.25, 0.3) is 0 Å². The van der Waals surface area contributed by atoms with Crippen LogP contribution in [-0.4, -0.2) is 40.6 Å². The van der Waals surface area contributed by atoms with E-state index < -0.39 is 34.5 Å². The Hall–Kier alpha value is -2.81. The molecule has 1 heterocycles. The first-order valence-corrected chi connectivity index (χ1v) is 20.1. The van der Waals surface area contributed by atoms with E-state index in [1.807, 2.05) is 17.5 Å². The fourth-order valence-electron chi connectivity index (χ4n) is 12.6. The molecule has 2 unspecified atom stereocenters. The molecule has 0 aromatic carbocycles. The Balaban J connectivity index is 1.29. The Morgan fingerprint density at radius 3 is 2.29 bits per heavy atom. The molecular weight excluding hydrogens is 663 g/mol. The molecule has 5 aliphatic rings. The van der Waals surface area contributed by atoms with E-state index in [9.17, 15) is 29.1 Å². The maximum Gasteiger partial charge on any atom is 0.309 e. The molecule has 1 amide bonds. The second-order valence-corrected chi connectivity index (χ2v) is 20.1. The van der Waals surface area contributed by atoms with E-state index >= 15 is 0 Å². The van der Waals surface area contributed by atoms with E-state index in [1.165, 1.54) is 0 Å². The van der Waals surface area contributed by atoms with Gasteiger partial charge >= 0.3 is 11.9 Å². The molecule has 0 radical (unpaired) electrons. The summed E-state index contributed by atoms with van der Waals surface area (Å²) < 4.78 is 6.13. The quantitative estimate of drug-likeness (QED) is 0.194. The molecule has 1 aromatic rings. The number of carbonyl (C=O) groups excluding carboxylic acids is 4. The monoisotopic (exact) mass is 721 g/mol. The summed E-state index contributed by atoms with van der Waals surface area (Å²) in [5, 5.41) is 14.4. The van der Waals surface area contributed by atoms with Crippen molar-refractivity contribution in [3.63, 3.8) is 0 Å². The molecule has 5 aliphatic carbocycles. The predicted octanol–water partition coefficient (Wildman–Crippen LogP) is 8.33. The average molecular weight is 722 g/mol. The molecule has 0 aliphatic heterocycles. The molecule has 51 heavy (non-hydrogen) atoms. The number of aliphatic carboxylic acids is 1. The summed E-state index contributed by atoms with van der Waals surface area (Å²) in [5.41, 5.74) is -0.965. The Kier molecular flexibility index (Phi) is 9.41. The van der Waals surface area contributed by atoms with Crippen molar-refractivity contribution in [2.75, 3.05) is 0 Å². The zero-order chi connectivity index (χ0) is 37.5. The molecule has 0 saturated heterocycles. The molecule has 4 fully saturated rings. The minimum Gasteiger partial charge on any atom is -0.481 e. The van der Waals surface area contributed by atoms with Crippen molar-refractivity contribution < 1.29 is 33.8 Å². The van der Waals surface area contributed by atoms with Crippen molar-refractivity contribution in [2.24, 2.45) is 56.2 Å². The highest BCUT2D eigenvalue weighted by Gasteiger charge is 2.71. The molecule has 0 bridgehead atoms. The van der Waals surface area contributed by atoms with Crippen LogP contribution >= 0.6 is 11.3 Å². The SMILES string of the molecule is CC(C)C1=C2C3CC[C@@H]4[C@@]5(C)CC[C@H](OC(=O)CC(C)(C)C(=O)O)C(C)(C)C5CC[C@@]4(C)[C@]3(C)CC[C@@]2(C(=O)C(=O)NCc2cccs2)CC1=O. The average Bonchev–Trinajstić information content (AvgIpc) is 3.67. The predicted molar refractivity (Wildman–Crippen MR) is 197 cm³/mol. The smallest absolute Gasteiger partial charge is 0.309 e. The minimum atomic E-state index is -1.18. The first-order valence-electron chi connectivity index (χ1n) is 19.2. The maximum atomic E-state index is 14.4. The summed E-state index contributed by atoms with van der Waals surface area (Å²) in [6, 6.07) is 3.87. The number of esters is 1. The van der Waals surface area contributed by atoms with E-state index in [4.69, 9.17) is 4.74 Å². The molecule has 2 N–H and O–H groups in total. The van der Waals surface area contributed by atoms with Crippen molar-refractivity contribution in [1.29, 1.82) is 0 Å². The van der Waals surface area contributed by atoms with Crippen LogP contribution in [0.2, 0.25) is 0 Å². The molecule has 8 nitrogen and oxygen atoms in total. The summed E-state index contributed by atoms with van der Waals surface area (Å²) >= 11 is 1.54. The van der Waals surface area contributed by atoms with Gasteiger partial charge < -0.3 is 15.2 Å². The minimum absolute atomic E-state index is 0.000507. The molecule has 280 valence electrons. The standard InChI is InChI=1S/C42H59NO7S/c1-24(2)32-27(44)21-42(34(46)35(47)43-23-25-11-10-20-51-25)19-18-40(8)26(33(32)42)12-13-29-39(7)16-15-30(50-31(45)22-37(3,4)36(48)49)38(5,6)28(39)14-17-41(29,40)9/h10-11,20,24,26,28-30H,12-19,21-23H2,1-9H3,(H,43,47)(H,48,49)/t26?,28?,29-,30+,39+,40-,41-,42-/m1/s1. The summed E-state index contributed by atoms with van der Waals surface area (Å²) in [6.07, 6.45) is 6.48. The lowest BCUT2D eigenvalue weighted by Crippen LogP contribution is -2.66. The lowest BCUT2D eigenvalue weighted by Gasteiger charge is -2.72. The Labute approximate surface area is 307 Å². The van der Waals surface area contributed by atoms with Gasteiger partial charge in [0.15, 0.2) is 5.78 Å². The van der Waals surface area contributed by atoms with Crippen LogP contribution in [0.5, 0.6) is 0 Å². The number of hydrogen-bond donors (Lipinski definition) is 2. The highest BCUT2D eigenvalue weighted by Crippen LogP contribution is 2.76. The summed E-state index contributed by atoms with van der Waals surface area (Å²) in [7, 11) is 0. The Bertz CT molecular complexity index is 1660. The van der Waals surface area contributed by atoms with Crippen molar-refractivity contribution in [3.8, 4) is 0 Å². The number of allylic oxidation sites excluding steroid dienone is 2. The van der Waals surface area contributed by atoms with Gasteiger partial charge in [0.05, 0.1) is 23.8 Å². The molecule has 9 heteroatoms. The van der Waals surface area contributed by atoms with Gasteiger partial charge in [0.25, 0.3) is 5.91 Å². The first-order chi connectivity index (χ1) is 23.7. The zero-order valence-electron chi connectivity index (χ0n) is 32.2. The third-order valence-electron chi connectivity index (χ3n) is 15.5. The number of ketones is 2. The van der Waals surface area contributed by atoms with Gasteiger partial charge in [-0.1, -0.05) is 54.5 Å². The van der Waals surface area contributed by atoms with Gasteiger partial charge in [0, 0.05) is 16.7 Å². The fourth-order valence-corrected chi connectivity index (χ4v) is 13.2. The largest absolute Gasteiger partial charge is 0.481 e. The third-order valence-corrected chi connectivity index (χ3v) is 16.3. The second kappa shape index (κ2) is 12.7. The van der Waals surface area contributed by atoms with E-state index in [0.29, 0.717) is 24.8 Å². The van der Waals surface area contributed by atoms with Crippen LogP contribution < -0.4 is 5.32 Å². The number of carboxylic acid groups (broad SMARTS) is 1. The van der Waals surface area contributed by atoms with Crippen molar-refractivity contribution >= 4 is 40.7 Å². The van der Waals surface area contributed by atoms with E-state index in [-0.39, 0.29) is 58.2 Å². The normalized spacial score (nSPS) is 37.2. The van der Waals surface area contributed by atoms with E-state index in [2.05, 4.69) is 53.8 Å². The van der Waals surface area contributed by atoms with Gasteiger partial charge in [0.1, 0.15) is 6.10 Å². The molecule has 8 atom stereocenters. The van der Waals surface area contributed by atoms with Gasteiger partial charge in [-0.05, 0) is 128 Å². The van der Waals surface area contributed by atoms with Gasteiger partial charge in [-0.2, -0.15) is 0 Å². The maximum absolute atomic E-state index is 14.4. The van der Waals surface area contributed by atoms with Crippen LogP contribution in [0.4, 0.5) is 0 Å². The number of amides is 1. The number of hydrogen-bond acceptors (Lipinski definition) is 7. The number of nitrogens with one attached hydrogen (secondary N) is 1. The van der Waals surface area contributed by atoms with Crippen molar-refractivity contribution in [1.82, 2.24) is 5.32 Å². The number of thiophene rings is 1. The van der Waals surface area contributed by atoms with Crippen LogP contribution in [0, 0.1) is 56.2 Å². The van der Waals surface area contributed by atoms with Gasteiger partial charge in [-0.3, -0.25) is 24.0 Å². The number of rotatable bonds is 9. The van der Waals surface area contributed by atoms with Gasteiger partial charge in [0.2, 0.25) is 5.78 Å². The summed E-state index contributed by atoms with van der Waals surface area (Å²) in [4.78, 5) is 67.7. The molecule has 1 aromatic heterocycles. The Morgan fingerprint density at radius 2 is 1.67 bits per heavy atom. The van der Waals surface area contributed by atoms with Crippen LogP contribution in [-0.2, 0) is 35.3 Å². The van der Waals surface area contributed by atoms with Crippen molar-refractivity contribution in [2.45, 2.75) is 139 Å². The molecule has 0 spiro atoms. The van der Waals surface area contributed by atoms with Crippen molar-refractivity contribution in [3.05, 3.63) is 33.5 Å². The van der Waals surface area contributed by atoms with E-state index in [0.717, 1.165) is 61.0 Å². The van der Waals surface area contributed by atoms with Gasteiger partial charge in [-0.15, -0.1) is 11.3 Å². The molecule has 4 saturated carbocycles. The summed E-state index contributed by atoms with van der Waals surface area (Å²) in [5.74, 6) is -1.70. The van der Waals surface area contributed by atoms with Crippen LogP contribution in [0.15, 0.2) is 28.7 Å². The number of carboxylic acids is 1. The van der Waals surface area contributed by atoms with E-state index in [1.54, 1.807) is 25.2 Å². The van der Waals surface area contributed by atoms with Crippen LogP contribution in [0.1, 0.15) is 131 Å². The molecule has 6 rings (SSSR count). The lowest BCUT2D eigenvalue weighted by atomic mass is 9.33. The first kappa shape index (κ1) is 37.9. The topological polar surface area (TPSA) is 127 Å². The highest BCUT2D eigenvalue weighted by atomic mass is 32.1. The highest BCUT2D eigenvalue weighted by molar-refractivity contribution is 7.09. The number of ether oxygens (including phenoxy) is 1. The molecular formula is C42H59NO7S. The zero-order valence-corrected chi connectivity index (χ0v) is 33.0. The van der Waals surface area contributed by atoms with Crippen LogP contribution in [0.3, 0.4) is 0 Å². The number of Topliss-reactive ketones (excluding diaryl/α,β-unsaturated/α-hetero) is 2. The third kappa shape index (κ3) is 5.69. The fraction of sp³-hybridized carbons (Fsp3) is 0.738. The number of carbonyl (C=O) groups is 5. The Morgan fingerprint density at radius 1 is 0.961 bits per heavy atom. The lowest BCUT2D eigenvalue weighted by molar-refractivity contribution is -0.233. The second-order valence-electron chi connectivity index (χ2n) is 19.1. The summed E-state index contributed by atoms with van der Waals surface area (Å²) in [6.45, 7) is 19.4. The number of fused-ring (bicyclic) bond motifs is 7.